The van der Waals surface area contributed by atoms with Crippen LogP contribution in [0.3, 0.4) is 0 Å². The van der Waals surface area contributed by atoms with Gasteiger partial charge in [0.05, 0.1) is 11.5 Å². The number of amides is 1. The molecule has 2 aromatic carbocycles. The van der Waals surface area contributed by atoms with Gasteiger partial charge in [0.25, 0.3) is 5.69 Å². The molecule has 7 nitrogen and oxygen atoms in total. The van der Waals surface area contributed by atoms with Crippen LogP contribution in [-0.2, 0) is 17.9 Å². The second kappa shape index (κ2) is 7.76. The number of rotatable bonds is 5. The number of hydrogen-bond acceptors (Lipinski definition) is 5. The molecule has 0 atom stereocenters. The predicted octanol–water partition coefficient (Wildman–Crippen LogP) is 2.11. The van der Waals surface area contributed by atoms with Gasteiger partial charge in [0.1, 0.15) is 12.4 Å². The fraction of sp³-hybridized carbons (Fsp3) is 0.278. The Morgan fingerprint density at radius 1 is 1.20 bits per heavy atom. The summed E-state index contributed by atoms with van der Waals surface area (Å²) in [6.07, 6.45) is 0. The van der Waals surface area contributed by atoms with E-state index in [1.807, 2.05) is 29.2 Å². The van der Waals surface area contributed by atoms with Crippen molar-refractivity contribution >= 4 is 11.6 Å². The molecule has 1 heterocycles. The largest absolute Gasteiger partial charge is 0.492 e. The van der Waals surface area contributed by atoms with Crippen LogP contribution in [0.2, 0.25) is 0 Å². The highest BCUT2D eigenvalue weighted by atomic mass is 16.6. The van der Waals surface area contributed by atoms with Gasteiger partial charge < -0.3 is 10.1 Å². The lowest BCUT2D eigenvalue weighted by Gasteiger charge is -2.18. The van der Waals surface area contributed by atoms with Crippen molar-refractivity contribution in [3.8, 4) is 5.75 Å². The minimum atomic E-state index is -0.440. The van der Waals surface area contributed by atoms with E-state index in [1.165, 1.54) is 6.07 Å². The first kappa shape index (κ1) is 16.9. The van der Waals surface area contributed by atoms with Crippen LogP contribution in [0.25, 0.3) is 0 Å². The van der Waals surface area contributed by atoms with Crippen molar-refractivity contribution in [2.45, 2.75) is 13.1 Å². The molecule has 0 saturated carbocycles. The second-order valence-corrected chi connectivity index (χ2v) is 5.83. The zero-order valence-electron chi connectivity index (χ0n) is 13.7. The number of nitro benzene ring substituents is 1. The van der Waals surface area contributed by atoms with E-state index in [1.54, 1.807) is 18.2 Å². The fourth-order valence-corrected chi connectivity index (χ4v) is 2.81. The fourth-order valence-electron chi connectivity index (χ4n) is 2.81. The Bertz CT molecular complexity index is 778. The third-order valence-electron chi connectivity index (χ3n) is 4.06. The van der Waals surface area contributed by atoms with Gasteiger partial charge in [0, 0.05) is 36.8 Å². The van der Waals surface area contributed by atoms with Crippen LogP contribution in [0, 0.1) is 10.1 Å². The molecule has 1 aliphatic rings. The van der Waals surface area contributed by atoms with Crippen molar-refractivity contribution in [1.29, 1.82) is 0 Å². The van der Waals surface area contributed by atoms with Crippen molar-refractivity contribution in [1.82, 2.24) is 10.2 Å². The summed E-state index contributed by atoms with van der Waals surface area (Å²) < 4.78 is 5.68. The summed E-state index contributed by atoms with van der Waals surface area (Å²) in [4.78, 5) is 24.8. The molecule has 0 fully saturated rings. The molecule has 0 aliphatic carbocycles. The lowest BCUT2D eigenvalue weighted by Crippen LogP contribution is -2.37. The van der Waals surface area contributed by atoms with Gasteiger partial charge in [-0.2, -0.15) is 0 Å². The molecule has 1 amide bonds. The molecule has 0 aromatic heterocycles. The Morgan fingerprint density at radius 3 is 2.80 bits per heavy atom. The van der Waals surface area contributed by atoms with Crippen molar-refractivity contribution < 1.29 is 14.5 Å². The Balaban J connectivity index is 1.57. The average Bonchev–Trinajstić information content (AvgIpc) is 2.81. The average molecular weight is 341 g/mol. The van der Waals surface area contributed by atoms with E-state index in [0.29, 0.717) is 25.3 Å². The summed E-state index contributed by atoms with van der Waals surface area (Å²) in [6.45, 7) is 2.16. The molecular weight excluding hydrogens is 322 g/mol. The van der Waals surface area contributed by atoms with Gasteiger partial charge in [-0.15, -0.1) is 0 Å². The molecular formula is C18H19N3O4. The first-order valence-corrected chi connectivity index (χ1v) is 8.05. The number of ether oxygens (including phenoxy) is 1. The number of nitro groups is 1. The number of nitrogens with zero attached hydrogens (tertiary/aromatic N) is 2. The molecule has 1 N–H and O–H groups in total. The van der Waals surface area contributed by atoms with E-state index < -0.39 is 4.92 Å². The van der Waals surface area contributed by atoms with Crippen LogP contribution in [-0.4, -0.2) is 35.4 Å². The van der Waals surface area contributed by atoms with Gasteiger partial charge in [0.2, 0.25) is 5.91 Å². The maximum Gasteiger partial charge on any atom is 0.274 e. The molecule has 130 valence electrons. The highest BCUT2D eigenvalue weighted by molar-refractivity contribution is 5.78. The number of carbonyl (C=O) groups is 1. The van der Waals surface area contributed by atoms with Crippen LogP contribution in [0.5, 0.6) is 5.75 Å². The van der Waals surface area contributed by atoms with Crippen LogP contribution >= 0.6 is 0 Å². The zero-order valence-corrected chi connectivity index (χ0v) is 13.7. The third-order valence-corrected chi connectivity index (χ3v) is 4.06. The molecule has 0 unspecified atom stereocenters. The molecule has 1 aliphatic heterocycles. The number of carbonyl (C=O) groups excluding carboxylic acids is 1. The number of nitrogens with one attached hydrogen (secondary N) is 1. The van der Waals surface area contributed by atoms with E-state index >= 15 is 0 Å². The molecule has 0 radical (unpaired) electrons. The minimum Gasteiger partial charge on any atom is -0.492 e. The summed E-state index contributed by atoms with van der Waals surface area (Å²) in [6, 6.07) is 14.2. The quantitative estimate of drug-likeness (QED) is 0.665. The zero-order chi connectivity index (χ0) is 17.6. The van der Waals surface area contributed by atoms with Crippen molar-refractivity contribution in [3.05, 3.63) is 69.8 Å². The summed E-state index contributed by atoms with van der Waals surface area (Å²) in [7, 11) is 0. The van der Waals surface area contributed by atoms with E-state index in [0.717, 1.165) is 11.3 Å². The predicted molar refractivity (Wildman–Crippen MR) is 92.2 cm³/mol. The SMILES string of the molecule is O=C(CN1CCOc2ccccc2C1)NCc1ccccc1[N+](=O)[O-]. The Kier molecular flexibility index (Phi) is 5.25. The van der Waals surface area contributed by atoms with Gasteiger partial charge >= 0.3 is 0 Å². The number of benzene rings is 2. The number of fused-ring (bicyclic) bond motifs is 1. The van der Waals surface area contributed by atoms with E-state index in [-0.39, 0.29) is 24.7 Å². The number of para-hydroxylation sites is 2. The Labute approximate surface area is 145 Å². The molecule has 7 heteroatoms. The highest BCUT2D eigenvalue weighted by Crippen LogP contribution is 2.22. The summed E-state index contributed by atoms with van der Waals surface area (Å²) in [5.74, 6) is 0.683. The van der Waals surface area contributed by atoms with Crippen molar-refractivity contribution in [3.63, 3.8) is 0 Å². The third kappa shape index (κ3) is 4.33. The highest BCUT2D eigenvalue weighted by Gasteiger charge is 2.18. The smallest absolute Gasteiger partial charge is 0.274 e. The van der Waals surface area contributed by atoms with Gasteiger partial charge in [-0.3, -0.25) is 19.8 Å². The normalized spacial score (nSPS) is 14.1. The Morgan fingerprint density at radius 2 is 1.96 bits per heavy atom. The first-order valence-electron chi connectivity index (χ1n) is 8.05. The van der Waals surface area contributed by atoms with Gasteiger partial charge in [-0.25, -0.2) is 0 Å². The second-order valence-electron chi connectivity index (χ2n) is 5.83. The van der Waals surface area contributed by atoms with Crippen LogP contribution in [0.4, 0.5) is 5.69 Å². The first-order chi connectivity index (χ1) is 12.1. The van der Waals surface area contributed by atoms with Crippen LogP contribution < -0.4 is 10.1 Å². The van der Waals surface area contributed by atoms with Crippen LogP contribution in [0.1, 0.15) is 11.1 Å². The van der Waals surface area contributed by atoms with Crippen LogP contribution in [0.15, 0.2) is 48.5 Å². The number of hydrogen-bond donors (Lipinski definition) is 1. The van der Waals surface area contributed by atoms with E-state index in [9.17, 15) is 14.9 Å². The molecule has 0 bridgehead atoms. The van der Waals surface area contributed by atoms with E-state index in [2.05, 4.69) is 5.32 Å². The molecule has 0 spiro atoms. The maximum atomic E-state index is 12.2. The molecule has 2 aromatic rings. The Hall–Kier alpha value is -2.93. The standard InChI is InChI=1S/C18H19N3O4/c22-18(19-11-14-5-1-3-7-16(14)21(23)24)13-20-9-10-25-17-8-4-2-6-15(17)12-20/h1-8H,9-13H2,(H,19,22). The lowest BCUT2D eigenvalue weighted by molar-refractivity contribution is -0.385. The van der Waals surface area contributed by atoms with E-state index in [4.69, 9.17) is 4.74 Å². The van der Waals surface area contributed by atoms with Gasteiger partial charge in [0.15, 0.2) is 0 Å². The van der Waals surface area contributed by atoms with Crippen molar-refractivity contribution in [2.75, 3.05) is 19.7 Å². The lowest BCUT2D eigenvalue weighted by atomic mass is 10.2. The van der Waals surface area contributed by atoms with Gasteiger partial charge in [-0.1, -0.05) is 36.4 Å². The molecule has 25 heavy (non-hydrogen) atoms. The minimum absolute atomic E-state index is 0.0138. The van der Waals surface area contributed by atoms with Crippen molar-refractivity contribution in [2.24, 2.45) is 0 Å². The summed E-state index contributed by atoms with van der Waals surface area (Å²) in [5.41, 5.74) is 1.55. The summed E-state index contributed by atoms with van der Waals surface area (Å²) in [5, 5.41) is 13.8. The maximum absolute atomic E-state index is 12.2. The molecule has 0 saturated heterocycles. The topological polar surface area (TPSA) is 84.7 Å². The molecule has 3 rings (SSSR count). The van der Waals surface area contributed by atoms with Gasteiger partial charge in [-0.05, 0) is 6.07 Å². The monoisotopic (exact) mass is 341 g/mol. The summed E-state index contributed by atoms with van der Waals surface area (Å²) >= 11 is 0.